The number of carbonyl (C=O) groups is 2. The first kappa shape index (κ1) is 63.1. The van der Waals surface area contributed by atoms with Crippen LogP contribution in [0.15, 0.2) is 83.7 Å². The van der Waals surface area contributed by atoms with Crippen molar-refractivity contribution in [1.82, 2.24) is 50.7 Å². The summed E-state index contributed by atoms with van der Waals surface area (Å²) in [5.74, 6) is -0.434. The van der Waals surface area contributed by atoms with Crippen LogP contribution in [0.2, 0.25) is 30.1 Å². The molecule has 0 aliphatic heterocycles. The van der Waals surface area contributed by atoms with E-state index in [0.717, 1.165) is 4.68 Å². The van der Waals surface area contributed by atoms with Gasteiger partial charge in [0.05, 0.1) is 48.1 Å². The molecule has 0 bridgehead atoms. The van der Waals surface area contributed by atoms with Gasteiger partial charge in [-0.25, -0.2) is 24.9 Å². The van der Waals surface area contributed by atoms with Crippen molar-refractivity contribution in [2.24, 2.45) is 5.10 Å². The van der Waals surface area contributed by atoms with E-state index in [4.69, 9.17) is 100 Å². The second kappa shape index (κ2) is 28.4. The van der Waals surface area contributed by atoms with Gasteiger partial charge in [-0.1, -0.05) is 111 Å². The molecule has 0 radical (unpaired) electrons. The summed E-state index contributed by atoms with van der Waals surface area (Å²) in [4.78, 5) is 83.8. The smallest absolute Gasteiger partial charge is 0.414 e. The van der Waals surface area contributed by atoms with Gasteiger partial charge in [0.15, 0.2) is 17.2 Å². The Hall–Kier alpha value is -8.76. The number of nitriles is 2. The highest BCUT2D eigenvalue weighted by atomic mass is 35.5. The minimum atomic E-state index is -1.05. The van der Waals surface area contributed by atoms with Crippen LogP contribution in [0.1, 0.15) is 88.6 Å². The number of H-pyrrole nitrogens is 4. The van der Waals surface area contributed by atoms with E-state index in [9.17, 15) is 33.6 Å². The van der Waals surface area contributed by atoms with E-state index in [2.05, 4.69) is 51.0 Å². The maximum atomic E-state index is 12.0. The van der Waals surface area contributed by atoms with Gasteiger partial charge in [-0.3, -0.25) is 39.7 Å². The Labute approximate surface area is 486 Å². The van der Waals surface area contributed by atoms with Gasteiger partial charge in [0.2, 0.25) is 29.0 Å². The zero-order valence-electron chi connectivity index (χ0n) is 43.0. The molecule has 7 aromatic rings. The molecule has 4 heterocycles. The van der Waals surface area contributed by atoms with Crippen LogP contribution in [0.4, 0.5) is 16.2 Å². The lowest BCUT2D eigenvalue weighted by Gasteiger charge is -2.12. The number of carbonyl (C=O) groups excluding carboxylic acids is 2. The van der Waals surface area contributed by atoms with Gasteiger partial charge in [0.1, 0.15) is 12.1 Å². The summed E-state index contributed by atoms with van der Waals surface area (Å²) in [7, 11) is 0. The predicted molar refractivity (Wildman–Crippen MR) is 301 cm³/mol. The van der Waals surface area contributed by atoms with Crippen molar-refractivity contribution in [2.45, 2.75) is 66.2 Å². The fourth-order valence-electron chi connectivity index (χ4n) is 6.34. The molecule has 3 aromatic carbocycles. The highest BCUT2D eigenvalue weighted by Gasteiger charge is 2.20. The summed E-state index contributed by atoms with van der Waals surface area (Å²) < 4.78 is 22.1. The molecule has 0 spiro atoms. The average Bonchev–Trinajstić information content (AvgIpc) is 3.44. The van der Waals surface area contributed by atoms with E-state index in [1.807, 2.05) is 51.8 Å². The summed E-state index contributed by atoms with van der Waals surface area (Å²) in [6.45, 7) is 12.8. The third-order valence-corrected chi connectivity index (χ3v) is 11.9. The van der Waals surface area contributed by atoms with Crippen LogP contribution in [-0.4, -0.2) is 69.7 Å². The highest BCUT2D eigenvalue weighted by Crippen LogP contribution is 2.40. The maximum absolute atomic E-state index is 12.0. The second-order valence-corrected chi connectivity index (χ2v) is 19.5. The average molecular weight is 1230 g/mol. The fourth-order valence-corrected chi connectivity index (χ4v) is 8.04. The quantitative estimate of drug-likeness (QED) is 0.0303. The van der Waals surface area contributed by atoms with Crippen molar-refractivity contribution in [3.05, 3.63) is 159 Å². The Kier molecular flexibility index (Phi) is 22.1. The number of amides is 2. The lowest BCUT2D eigenvalue weighted by Crippen LogP contribution is -2.36. The molecule has 0 unspecified atom stereocenters. The number of halogens is 6. The molecule has 7 rings (SSSR count). The van der Waals surface area contributed by atoms with Gasteiger partial charge < -0.3 is 24.7 Å². The highest BCUT2D eigenvalue weighted by molar-refractivity contribution is 6.47. The number of ether oxygens (including phenoxy) is 4. The normalized spacial score (nSPS) is 10.9. The number of nitrogens with zero attached hydrogens (tertiary/aromatic N) is 8. The first-order valence-corrected chi connectivity index (χ1v) is 25.4. The third-order valence-electron chi connectivity index (χ3n) is 10.2. The number of nitrogens with one attached hydrogen (secondary N) is 6. The summed E-state index contributed by atoms with van der Waals surface area (Å²) in [5.41, 5.74) is 6.49. The van der Waals surface area contributed by atoms with Gasteiger partial charge in [0.25, 0.3) is 28.1 Å². The maximum Gasteiger partial charge on any atom is 0.414 e. The number of nitrogens with two attached hydrogens (primary N) is 1. The van der Waals surface area contributed by atoms with Crippen molar-refractivity contribution in [2.75, 3.05) is 17.8 Å². The van der Waals surface area contributed by atoms with Crippen molar-refractivity contribution in [3.63, 3.8) is 0 Å². The van der Waals surface area contributed by atoms with Crippen LogP contribution in [0.25, 0.3) is 5.69 Å². The minimum Gasteiger partial charge on any atom is -0.450 e. The molecule has 0 aliphatic rings. The number of anilines is 2. The first-order valence-electron chi connectivity index (χ1n) is 23.2. The molecule has 81 heavy (non-hydrogen) atoms. The molecule has 0 atom stereocenters. The minimum absolute atomic E-state index is 0.00463. The fraction of sp³-hybridized carbons (Fsp3) is 0.224. The molecule has 32 heteroatoms. The van der Waals surface area contributed by atoms with Crippen LogP contribution in [0.5, 0.6) is 34.9 Å². The predicted octanol–water partition coefficient (Wildman–Crippen LogP) is 9.23. The third kappa shape index (κ3) is 16.9. The lowest BCUT2D eigenvalue weighted by molar-refractivity contribution is -0.114. The summed E-state index contributed by atoms with van der Waals surface area (Å²) in [6.07, 6.45) is -1.01. The molecule has 422 valence electrons. The molecular weight excluding hydrogens is 1190 g/mol. The Morgan fingerprint density at radius 1 is 0.642 bits per heavy atom. The van der Waals surface area contributed by atoms with Crippen LogP contribution in [0.3, 0.4) is 0 Å². The number of aromatic nitrogens is 9. The number of aromatic amines is 4. The molecule has 0 saturated heterocycles. The Balaban J connectivity index is 0.000000229. The van der Waals surface area contributed by atoms with E-state index in [1.54, 1.807) is 25.1 Å². The number of rotatable bonds is 14. The van der Waals surface area contributed by atoms with Gasteiger partial charge in [-0.05, 0) is 61.1 Å². The molecule has 2 amide bonds. The molecule has 0 saturated carbocycles. The van der Waals surface area contributed by atoms with E-state index in [1.165, 1.54) is 48.5 Å². The van der Waals surface area contributed by atoms with Crippen molar-refractivity contribution in [1.29, 1.82) is 10.5 Å². The van der Waals surface area contributed by atoms with E-state index in [0.29, 0.717) is 22.4 Å². The van der Waals surface area contributed by atoms with Crippen LogP contribution in [-0.2, 0) is 9.53 Å². The van der Waals surface area contributed by atoms with Crippen molar-refractivity contribution < 1.29 is 28.5 Å². The second-order valence-electron chi connectivity index (χ2n) is 17.1. The molecule has 26 nitrogen and oxygen atoms in total. The summed E-state index contributed by atoms with van der Waals surface area (Å²) >= 11 is 37.0. The lowest BCUT2D eigenvalue weighted by atomic mass is 10.1. The van der Waals surface area contributed by atoms with E-state index >= 15 is 0 Å². The van der Waals surface area contributed by atoms with Crippen LogP contribution < -0.4 is 58.6 Å². The first-order chi connectivity index (χ1) is 38.2. The molecule has 0 fully saturated rings. The number of hydrazone groups is 1. The number of nitrogen functional groups attached to an aromatic ring is 1. The topological polar surface area (TPSA) is 386 Å². The van der Waals surface area contributed by atoms with Crippen LogP contribution in [0, 0.1) is 22.7 Å². The number of hydrogen-bond donors (Lipinski definition) is 7. The Morgan fingerprint density at radius 2 is 1.04 bits per heavy atom. The summed E-state index contributed by atoms with van der Waals surface area (Å²) in [5, 5.41) is 46.3. The Bertz CT molecular complexity index is 3890. The number of hydrogen-bond acceptors (Lipinski definition) is 20. The van der Waals surface area contributed by atoms with Crippen LogP contribution >= 0.6 is 69.6 Å². The number of benzene rings is 3. The molecule has 4 aromatic heterocycles. The monoisotopic (exact) mass is 1230 g/mol. The number of alkyl carbamates (subject to hydrolysis) is 1. The number of imide groups is 1. The zero-order chi connectivity index (χ0) is 60.0. The van der Waals surface area contributed by atoms with Gasteiger partial charge in [0, 0.05) is 40.6 Å². The molecule has 8 N–H and O–H groups in total. The standard InChI is InChI=1S/C19H18Cl2N6O5.C17H12Cl2N6O4.C13H13Cl2N3O2/c1-4-31-19(30)23-18(29)14(8-22)25-24-10-5-12(20)16(13(21)6-10)32-15-7-11(9(2)3)17(28)27-26-15;1-7(2)9-5-13(22-23-15(9)26)29-14-10(18)3-8(4-11(14)19)25-17(28)21-16(27)12(6-20)24-25;1-6(2)8-5-11(17-18-13(8)19)20-12-9(14)3-7(16)4-10(12)15/h5-7,9,24H,4H2,1-3H3,(H,27,28)(H,23,29,30);3-5,7H,1-2H3,(H,23,26)(H,21,27,28);3-6H,16H2,1-2H3,(H,18,19)/b25-14+;;. The van der Waals surface area contributed by atoms with Crippen molar-refractivity contribution in [3.8, 4) is 52.7 Å². The molecular formula is C49H43Cl6N15O11. The zero-order valence-corrected chi connectivity index (χ0v) is 47.6. The van der Waals surface area contributed by atoms with E-state index in [-0.39, 0.29) is 117 Å². The van der Waals surface area contributed by atoms with Gasteiger partial charge in [-0.15, -0.1) is 20.4 Å². The summed E-state index contributed by atoms with van der Waals surface area (Å²) in [6, 6.07) is 16.1. The SMILES string of the molecule is CC(C)c1cc(Oc2c(Cl)cc(-n3nc(C#N)c(=O)[nH]c3=O)cc2Cl)n[nH]c1=O.CC(C)c1cc(Oc2c(Cl)cc(N)cc2Cl)n[nH]c1=O.CCOC(=O)NC(=O)/C(C#N)=N/Nc1cc(Cl)c(Oc2cc(C(C)C)c(=O)[nH]n2)c(Cl)c1. The van der Waals surface area contributed by atoms with Gasteiger partial charge in [-0.2, -0.15) is 20.3 Å². The molecule has 0 aliphatic carbocycles. The largest absolute Gasteiger partial charge is 0.450 e. The van der Waals surface area contributed by atoms with E-state index < -0.39 is 34.7 Å². The Morgan fingerprint density at radius 3 is 1.41 bits per heavy atom. The van der Waals surface area contributed by atoms with Crippen molar-refractivity contribution >= 4 is 98.7 Å². The van der Waals surface area contributed by atoms with Gasteiger partial charge >= 0.3 is 11.8 Å².